The number of benzene rings is 2. The van der Waals surface area contributed by atoms with Gasteiger partial charge in [0.2, 0.25) is 0 Å². The lowest BCUT2D eigenvalue weighted by atomic mass is 9.96. The Balaban J connectivity index is 1.54. The van der Waals surface area contributed by atoms with E-state index in [2.05, 4.69) is 31.2 Å². The molecule has 0 spiro atoms. The van der Waals surface area contributed by atoms with E-state index < -0.39 is 24.8 Å². The van der Waals surface area contributed by atoms with E-state index in [1.165, 1.54) is 22.3 Å². The maximum atomic E-state index is 16.6. The number of ether oxygens (including phenoxy) is 1. The van der Waals surface area contributed by atoms with Crippen LogP contribution < -0.4 is 20.7 Å². The number of aromatic nitrogens is 3. The lowest BCUT2D eigenvalue weighted by Gasteiger charge is -2.26. The summed E-state index contributed by atoms with van der Waals surface area (Å²) in [5, 5.41) is 13.3. The van der Waals surface area contributed by atoms with Gasteiger partial charge in [-0.15, -0.1) is 0 Å². The van der Waals surface area contributed by atoms with Gasteiger partial charge in [-0.2, -0.15) is 15.2 Å². The van der Waals surface area contributed by atoms with Gasteiger partial charge in [0, 0.05) is 35.6 Å². The van der Waals surface area contributed by atoms with Crippen molar-refractivity contribution in [3.8, 4) is 23.2 Å². The first kappa shape index (κ1) is 26.5. The predicted molar refractivity (Wildman–Crippen MR) is 148 cm³/mol. The Morgan fingerprint density at radius 1 is 1.25 bits per heavy atom. The average Bonchev–Trinajstić information content (AvgIpc) is 3.47. The summed E-state index contributed by atoms with van der Waals surface area (Å²) in [6.45, 7) is 0.598. The second kappa shape index (κ2) is 10.3. The Hall–Kier alpha value is -3.73. The topological polar surface area (TPSA) is 116 Å². The molecule has 3 N–H and O–H groups in total. The van der Waals surface area contributed by atoms with Crippen molar-refractivity contribution in [1.82, 2.24) is 25.2 Å². The van der Waals surface area contributed by atoms with E-state index in [9.17, 15) is 14.0 Å². The molecule has 2 aromatic carbocycles. The third kappa shape index (κ3) is 4.87. The van der Waals surface area contributed by atoms with E-state index in [0.29, 0.717) is 16.2 Å². The Morgan fingerprint density at radius 2 is 2.10 bits per heavy atom. The lowest BCUT2D eigenvalue weighted by molar-refractivity contribution is 0.0156. The number of likely N-dealkylation sites (tertiary alicyclic amines) is 1. The van der Waals surface area contributed by atoms with Crippen LogP contribution in [0.5, 0.6) is 6.01 Å². The number of anilines is 2. The summed E-state index contributed by atoms with van der Waals surface area (Å²) < 4.78 is 52.5. The molecule has 2 saturated heterocycles. The number of nitrogens with one attached hydrogen (secondary N) is 1. The predicted octanol–water partition coefficient (Wildman–Crippen LogP) is 4.02. The molecule has 0 saturated carbocycles. The molecule has 6 rings (SSSR count). The van der Waals surface area contributed by atoms with Gasteiger partial charge in [-0.05, 0) is 38.6 Å². The molecule has 4 aromatic rings. The van der Waals surface area contributed by atoms with E-state index >= 15 is 4.39 Å². The number of hydrogen-bond acceptors (Lipinski definition) is 10. The Bertz CT molecular complexity index is 1640. The first-order valence-corrected chi connectivity index (χ1v) is 13.8. The minimum atomic E-state index is -3.04. The minimum Gasteiger partial charge on any atom is -0.462 e. The number of para-hydroxylation sites is 1. The summed E-state index contributed by atoms with van der Waals surface area (Å²) in [4.78, 5) is 16.8. The van der Waals surface area contributed by atoms with Gasteiger partial charge >= 0.3 is 6.01 Å². The fraction of sp³-hybridized carbons (Fsp3) is 0.407. The minimum absolute atomic E-state index is 0.00915. The van der Waals surface area contributed by atoms with Crippen molar-refractivity contribution in [2.75, 3.05) is 57.0 Å². The molecule has 9 nitrogen and oxygen atoms in total. The smallest absolute Gasteiger partial charge is 0.319 e. The summed E-state index contributed by atoms with van der Waals surface area (Å²) in [5.74, 6) is -3.72. The van der Waals surface area contributed by atoms with Crippen LogP contribution in [0.25, 0.3) is 32.2 Å². The molecule has 0 amide bonds. The Kier molecular flexibility index (Phi) is 6.85. The number of nitrogens with two attached hydrogens (primary N) is 1. The standard InChI is InChI=1S/C27H27F3N8OS/c1-37-8-3-4-16(37)12-39-26-35-23-18(24(36-26)38-9-7-33-13-27(29,30)14-38)10-15(11-31)20(21(23)28)17-5-2-6-19-22(17)34-25(32)40-19/h2,5-6,10,16,33H,3-4,7-9,12-14H2,1H3,(H2,32,34)/t16-/m0/s1. The number of rotatable bonds is 5. The highest BCUT2D eigenvalue weighted by Crippen LogP contribution is 2.40. The molecule has 2 fully saturated rings. The zero-order valence-corrected chi connectivity index (χ0v) is 22.6. The van der Waals surface area contributed by atoms with Gasteiger partial charge in [-0.3, -0.25) is 0 Å². The highest BCUT2D eigenvalue weighted by molar-refractivity contribution is 7.22. The van der Waals surface area contributed by atoms with Crippen molar-refractivity contribution < 1.29 is 17.9 Å². The third-order valence-electron chi connectivity index (χ3n) is 7.46. The molecule has 13 heteroatoms. The number of nitrogens with zero attached hydrogens (tertiary/aromatic N) is 6. The van der Waals surface area contributed by atoms with Gasteiger partial charge in [0.1, 0.15) is 17.9 Å². The molecule has 40 heavy (non-hydrogen) atoms. The van der Waals surface area contributed by atoms with Gasteiger partial charge in [-0.25, -0.2) is 18.2 Å². The monoisotopic (exact) mass is 568 g/mol. The Morgan fingerprint density at radius 3 is 2.88 bits per heavy atom. The quantitative estimate of drug-likeness (QED) is 0.368. The summed E-state index contributed by atoms with van der Waals surface area (Å²) in [6, 6.07) is 8.80. The molecule has 0 bridgehead atoms. The molecule has 0 aliphatic carbocycles. The fourth-order valence-electron chi connectivity index (χ4n) is 5.46. The molecule has 4 heterocycles. The second-order valence-electron chi connectivity index (χ2n) is 10.2. The number of likely N-dealkylation sites (N-methyl/N-ethyl adjacent to an activating group) is 1. The van der Waals surface area contributed by atoms with Crippen LogP contribution in [0.15, 0.2) is 24.3 Å². The zero-order valence-electron chi connectivity index (χ0n) is 21.8. The molecular formula is C27H27F3N8OS. The van der Waals surface area contributed by atoms with E-state index in [1.54, 1.807) is 12.1 Å². The highest BCUT2D eigenvalue weighted by Gasteiger charge is 2.35. The number of hydrogen-bond donors (Lipinski definition) is 2. The highest BCUT2D eigenvalue weighted by atomic mass is 32.1. The van der Waals surface area contributed by atoms with Gasteiger partial charge in [0.05, 0.1) is 34.9 Å². The molecule has 2 aromatic heterocycles. The maximum Gasteiger partial charge on any atom is 0.319 e. The summed E-state index contributed by atoms with van der Waals surface area (Å²) in [7, 11) is 2.00. The molecule has 1 atom stereocenters. The van der Waals surface area contributed by atoms with Crippen molar-refractivity contribution in [3.05, 3.63) is 35.6 Å². The molecule has 0 unspecified atom stereocenters. The SMILES string of the molecule is CN1CCC[C@H]1COc1nc(N2CCNCC(F)(F)C2)c2cc(C#N)c(-c3cccc4sc(N)nc34)c(F)c2n1. The molecular weight excluding hydrogens is 541 g/mol. The normalized spacial score (nSPS) is 19.7. The third-order valence-corrected chi connectivity index (χ3v) is 8.31. The van der Waals surface area contributed by atoms with Gasteiger partial charge < -0.3 is 25.6 Å². The number of halogens is 3. The van der Waals surface area contributed by atoms with Crippen LogP contribution in [-0.2, 0) is 0 Å². The second-order valence-corrected chi connectivity index (χ2v) is 11.3. The molecule has 208 valence electrons. The van der Waals surface area contributed by atoms with Crippen molar-refractivity contribution in [3.63, 3.8) is 0 Å². The number of nitriles is 1. The van der Waals surface area contributed by atoms with Crippen molar-refractivity contribution in [2.24, 2.45) is 0 Å². The van der Waals surface area contributed by atoms with Crippen molar-refractivity contribution >= 4 is 43.4 Å². The zero-order chi connectivity index (χ0) is 28.0. The summed E-state index contributed by atoms with van der Waals surface area (Å²) in [5.41, 5.74) is 6.69. The van der Waals surface area contributed by atoms with Gasteiger partial charge in [-0.1, -0.05) is 23.5 Å². The van der Waals surface area contributed by atoms with Crippen LogP contribution in [0.2, 0.25) is 0 Å². The maximum absolute atomic E-state index is 16.6. The van der Waals surface area contributed by atoms with Crippen LogP contribution in [0.1, 0.15) is 18.4 Å². The van der Waals surface area contributed by atoms with E-state index in [0.717, 1.165) is 24.1 Å². The average molecular weight is 569 g/mol. The summed E-state index contributed by atoms with van der Waals surface area (Å²) >= 11 is 1.26. The van der Waals surface area contributed by atoms with Gasteiger partial charge in [0.25, 0.3) is 5.92 Å². The first-order valence-electron chi connectivity index (χ1n) is 13.0. The number of nitrogen functional groups attached to an aromatic ring is 1. The van der Waals surface area contributed by atoms with Crippen LogP contribution in [0.3, 0.4) is 0 Å². The van der Waals surface area contributed by atoms with E-state index in [-0.39, 0.29) is 59.6 Å². The van der Waals surface area contributed by atoms with E-state index in [4.69, 9.17) is 10.5 Å². The summed E-state index contributed by atoms with van der Waals surface area (Å²) in [6.07, 6.45) is 1.97. The van der Waals surface area contributed by atoms with Crippen LogP contribution in [0.4, 0.5) is 24.1 Å². The first-order chi connectivity index (χ1) is 19.2. The largest absolute Gasteiger partial charge is 0.462 e. The van der Waals surface area contributed by atoms with Crippen molar-refractivity contribution in [2.45, 2.75) is 24.8 Å². The fourth-order valence-corrected chi connectivity index (χ4v) is 6.22. The van der Waals surface area contributed by atoms with Crippen LogP contribution in [0, 0.1) is 17.1 Å². The van der Waals surface area contributed by atoms with Crippen molar-refractivity contribution in [1.29, 1.82) is 5.26 Å². The molecule has 0 radical (unpaired) electrons. The van der Waals surface area contributed by atoms with Gasteiger partial charge in [0.15, 0.2) is 10.9 Å². The van der Waals surface area contributed by atoms with Crippen LogP contribution in [-0.4, -0.2) is 78.2 Å². The molecule has 2 aliphatic rings. The number of alkyl halides is 2. The van der Waals surface area contributed by atoms with E-state index in [1.807, 2.05) is 13.1 Å². The Labute approximate surface area is 232 Å². The lowest BCUT2D eigenvalue weighted by Crippen LogP contribution is -2.39. The number of fused-ring (bicyclic) bond motifs is 2. The number of thiazole rings is 1. The molecule has 2 aliphatic heterocycles. The van der Waals surface area contributed by atoms with Crippen LogP contribution >= 0.6 is 11.3 Å².